The molecule has 0 aromatic rings. The lowest BCUT2D eigenvalue weighted by Crippen LogP contribution is -2.31. The molecule has 0 aromatic heterocycles. The summed E-state index contributed by atoms with van der Waals surface area (Å²) in [6.07, 6.45) is 2.80. The molecule has 0 aliphatic rings. The molecule has 5 heteroatoms. The van der Waals surface area contributed by atoms with Crippen LogP contribution >= 0.6 is 0 Å². The molecule has 13 heavy (non-hydrogen) atoms. The molecule has 78 valence electrons. The van der Waals surface area contributed by atoms with Crippen molar-refractivity contribution < 1.29 is 9.23 Å². The molecule has 0 amide bonds. The molecule has 0 aliphatic carbocycles. The minimum Gasteiger partial charge on any atom is -0.345 e. The summed E-state index contributed by atoms with van der Waals surface area (Å²) in [4.78, 5) is 14.4. The predicted molar refractivity (Wildman–Crippen MR) is 48.8 cm³/mol. The zero-order valence-electron chi connectivity index (χ0n) is 7.96. The second-order valence-corrected chi connectivity index (χ2v) is 2.81. The van der Waals surface area contributed by atoms with Gasteiger partial charge in [-0.3, -0.25) is 9.71 Å². The summed E-state index contributed by atoms with van der Waals surface area (Å²) in [5, 5.41) is 5.26. The van der Waals surface area contributed by atoms with E-state index in [-0.39, 0.29) is 12.9 Å². The lowest BCUT2D eigenvalue weighted by atomic mass is 10.2. The highest BCUT2D eigenvalue weighted by Crippen LogP contribution is 2.02. The first kappa shape index (κ1) is 12.3. The van der Waals surface area contributed by atoms with Gasteiger partial charge in [0.15, 0.2) is 11.6 Å². The molecule has 0 bridgehead atoms. The molecule has 0 saturated carbocycles. The summed E-state index contributed by atoms with van der Waals surface area (Å²) in [7, 11) is 0. The largest absolute Gasteiger partial charge is 0.345 e. The number of halogens is 1. The fourth-order valence-corrected chi connectivity index (χ4v) is 0.963. The fourth-order valence-electron chi connectivity index (χ4n) is 0.963. The molecule has 0 rings (SSSR count). The molecule has 0 aromatic carbocycles. The molecule has 0 radical (unpaired) electrons. The minimum absolute atomic E-state index is 0.357. The van der Waals surface area contributed by atoms with Crippen LogP contribution in [0.2, 0.25) is 0 Å². The average molecular weight is 192 g/mol. The lowest BCUT2D eigenvalue weighted by molar-refractivity contribution is 0.0234. The van der Waals surface area contributed by atoms with E-state index in [1.165, 1.54) is 0 Å². The number of alkyl halides is 1. The van der Waals surface area contributed by atoms with Crippen molar-refractivity contribution in [2.45, 2.75) is 38.8 Å². The summed E-state index contributed by atoms with van der Waals surface area (Å²) >= 11 is 0. The second-order valence-electron chi connectivity index (χ2n) is 2.81. The molecule has 0 spiro atoms. The first-order chi connectivity index (χ1) is 6.35. The Balaban J connectivity index is 3.47. The maximum absolute atomic E-state index is 11.7. The van der Waals surface area contributed by atoms with Crippen LogP contribution in [0.1, 0.15) is 32.6 Å². The third-order valence-corrected chi connectivity index (χ3v) is 1.67. The highest BCUT2D eigenvalue weighted by atomic mass is 19.1. The van der Waals surface area contributed by atoms with E-state index in [4.69, 9.17) is 0 Å². The van der Waals surface area contributed by atoms with Crippen LogP contribution in [0.4, 0.5) is 4.39 Å². The van der Waals surface area contributed by atoms with Gasteiger partial charge in [-0.05, 0) is 12.8 Å². The quantitative estimate of drug-likeness (QED) is 0.263. The van der Waals surface area contributed by atoms with Gasteiger partial charge in [0.2, 0.25) is 0 Å². The Bertz CT molecular complexity index is 125. The molecule has 1 unspecified atom stereocenters. The van der Waals surface area contributed by atoms with E-state index < -0.39 is 0 Å². The fraction of sp³-hybridized carbons (Fsp3) is 1.00. The first-order valence-corrected chi connectivity index (χ1v) is 4.63. The highest BCUT2D eigenvalue weighted by Gasteiger charge is 2.07. The van der Waals surface area contributed by atoms with Crippen LogP contribution in [-0.2, 0) is 4.84 Å². The maximum atomic E-state index is 11.7. The van der Waals surface area contributed by atoms with Gasteiger partial charge in [-0.2, -0.15) is 0 Å². The van der Waals surface area contributed by atoms with E-state index in [1.54, 1.807) is 0 Å². The van der Waals surface area contributed by atoms with Crippen molar-refractivity contribution in [3.8, 4) is 0 Å². The van der Waals surface area contributed by atoms with Crippen LogP contribution in [0.3, 0.4) is 0 Å². The minimum atomic E-state index is -0.359. The second kappa shape index (κ2) is 9.38. The molecule has 0 fully saturated rings. The third-order valence-electron chi connectivity index (χ3n) is 1.67. The van der Waals surface area contributed by atoms with Gasteiger partial charge in [0.1, 0.15) is 0 Å². The SMILES string of the molecule is CCCCC(NCCCF)ON=O. The molecule has 1 N–H and O–H groups in total. The van der Waals surface area contributed by atoms with Crippen molar-refractivity contribution in [3.63, 3.8) is 0 Å². The van der Waals surface area contributed by atoms with Crippen molar-refractivity contribution in [1.82, 2.24) is 5.32 Å². The van der Waals surface area contributed by atoms with Gasteiger partial charge in [-0.1, -0.05) is 13.3 Å². The van der Waals surface area contributed by atoms with Gasteiger partial charge in [0.25, 0.3) is 0 Å². The topological polar surface area (TPSA) is 50.7 Å². The Morgan fingerprint density at radius 2 is 2.31 bits per heavy atom. The van der Waals surface area contributed by atoms with E-state index >= 15 is 0 Å². The molecule has 1 atom stereocenters. The first-order valence-electron chi connectivity index (χ1n) is 4.63. The van der Waals surface area contributed by atoms with Crippen LogP contribution in [0, 0.1) is 4.91 Å². The van der Waals surface area contributed by atoms with E-state index in [2.05, 4.69) is 15.5 Å². The van der Waals surface area contributed by atoms with Gasteiger partial charge < -0.3 is 4.84 Å². The van der Waals surface area contributed by atoms with Gasteiger partial charge >= 0.3 is 0 Å². The van der Waals surface area contributed by atoms with Crippen LogP contribution in [0.5, 0.6) is 0 Å². The Labute approximate surface area is 77.8 Å². The third kappa shape index (κ3) is 7.64. The molecule has 0 aliphatic heterocycles. The van der Waals surface area contributed by atoms with Gasteiger partial charge in [0, 0.05) is 13.0 Å². The zero-order chi connectivity index (χ0) is 9.94. The summed E-state index contributed by atoms with van der Waals surface area (Å²) < 4.78 is 11.7. The summed E-state index contributed by atoms with van der Waals surface area (Å²) in [6.45, 7) is 2.20. The van der Waals surface area contributed by atoms with Crippen LogP contribution in [-0.4, -0.2) is 19.4 Å². The normalized spacial score (nSPS) is 12.5. The molecule has 4 nitrogen and oxygen atoms in total. The summed E-state index contributed by atoms with van der Waals surface area (Å²) in [5.41, 5.74) is 0. The van der Waals surface area contributed by atoms with Crippen molar-refractivity contribution in [1.29, 1.82) is 0 Å². The van der Waals surface area contributed by atoms with Crippen LogP contribution < -0.4 is 5.32 Å². The van der Waals surface area contributed by atoms with Crippen molar-refractivity contribution in [3.05, 3.63) is 4.91 Å². The lowest BCUT2D eigenvalue weighted by Gasteiger charge is -2.13. The van der Waals surface area contributed by atoms with Gasteiger partial charge in [-0.25, -0.2) is 0 Å². The Morgan fingerprint density at radius 3 is 2.85 bits per heavy atom. The van der Waals surface area contributed by atoms with E-state index in [0.717, 1.165) is 19.3 Å². The predicted octanol–water partition coefficient (Wildman–Crippen LogP) is 2.15. The number of rotatable bonds is 9. The number of hydrogen-bond acceptors (Lipinski definition) is 4. The Morgan fingerprint density at radius 1 is 1.54 bits per heavy atom. The average Bonchev–Trinajstić information content (AvgIpc) is 2.14. The monoisotopic (exact) mass is 192 g/mol. The Hall–Kier alpha value is -0.710. The van der Waals surface area contributed by atoms with Crippen LogP contribution in [0.25, 0.3) is 0 Å². The van der Waals surface area contributed by atoms with Crippen LogP contribution in [0.15, 0.2) is 5.34 Å². The maximum Gasteiger partial charge on any atom is 0.182 e. The number of unbranched alkanes of at least 4 members (excludes halogenated alkanes) is 1. The molecule has 0 saturated heterocycles. The zero-order valence-corrected chi connectivity index (χ0v) is 7.96. The number of nitrogens with zero attached hydrogens (tertiary/aromatic N) is 1. The summed E-state index contributed by atoms with van der Waals surface area (Å²) in [5.74, 6) is 0. The smallest absolute Gasteiger partial charge is 0.182 e. The summed E-state index contributed by atoms with van der Waals surface area (Å²) in [6, 6.07) is 0. The highest BCUT2D eigenvalue weighted by molar-refractivity contribution is 4.55. The molecule has 0 heterocycles. The van der Waals surface area contributed by atoms with Gasteiger partial charge in [-0.15, -0.1) is 4.91 Å². The van der Waals surface area contributed by atoms with Crippen molar-refractivity contribution in [2.75, 3.05) is 13.2 Å². The van der Waals surface area contributed by atoms with E-state index in [0.29, 0.717) is 13.0 Å². The molecular formula is C8H17FN2O2. The standard InChI is InChI=1S/C8H17FN2O2/c1-2-3-5-8(13-11-12)10-7-4-6-9/h8,10H,2-7H2,1H3. The van der Waals surface area contributed by atoms with Crippen molar-refractivity contribution in [2.24, 2.45) is 5.34 Å². The van der Waals surface area contributed by atoms with E-state index in [9.17, 15) is 9.30 Å². The van der Waals surface area contributed by atoms with Crippen molar-refractivity contribution >= 4 is 0 Å². The Kier molecular flexibility index (Phi) is 8.87. The molecular weight excluding hydrogens is 175 g/mol. The van der Waals surface area contributed by atoms with E-state index in [1.807, 2.05) is 6.92 Å². The number of hydrogen-bond donors (Lipinski definition) is 1. The van der Waals surface area contributed by atoms with Gasteiger partial charge in [0.05, 0.1) is 6.67 Å². The number of nitrogens with one attached hydrogen (secondary N) is 1.